The second-order valence-electron chi connectivity index (χ2n) is 6.98. The standard InChI is InChI=1S/C17H31NO2/c1-4-20-16(19)17(11-10-13(2)14(3)12-17)18-15-8-6-5-7-9-15/h13-15,18H,4-12H2,1-3H3. The molecule has 20 heavy (non-hydrogen) atoms. The number of esters is 1. The van der Waals surface area contributed by atoms with E-state index < -0.39 is 5.54 Å². The maximum absolute atomic E-state index is 12.6. The molecule has 0 radical (unpaired) electrons. The van der Waals surface area contributed by atoms with Crippen LogP contribution in [0.15, 0.2) is 0 Å². The Kier molecular flexibility index (Phi) is 5.48. The molecule has 2 aliphatic rings. The van der Waals surface area contributed by atoms with Crippen LogP contribution in [0.3, 0.4) is 0 Å². The fourth-order valence-electron chi connectivity index (χ4n) is 3.89. The van der Waals surface area contributed by atoms with Gasteiger partial charge in [0, 0.05) is 6.04 Å². The summed E-state index contributed by atoms with van der Waals surface area (Å²) in [5.41, 5.74) is -0.413. The SMILES string of the molecule is CCOC(=O)C1(NC2CCCCC2)CCC(C)C(C)C1. The molecule has 0 aromatic heterocycles. The molecule has 3 unspecified atom stereocenters. The van der Waals surface area contributed by atoms with E-state index in [4.69, 9.17) is 4.74 Å². The highest BCUT2D eigenvalue weighted by molar-refractivity contribution is 5.81. The highest BCUT2D eigenvalue weighted by Gasteiger charge is 2.46. The molecule has 0 spiro atoms. The summed E-state index contributed by atoms with van der Waals surface area (Å²) in [4.78, 5) is 12.6. The summed E-state index contributed by atoms with van der Waals surface area (Å²) in [5, 5.41) is 3.73. The van der Waals surface area contributed by atoms with E-state index in [-0.39, 0.29) is 5.97 Å². The molecular formula is C17H31NO2. The van der Waals surface area contributed by atoms with Crippen molar-refractivity contribution in [2.45, 2.75) is 83.7 Å². The third-order valence-corrected chi connectivity index (χ3v) is 5.42. The van der Waals surface area contributed by atoms with Crippen molar-refractivity contribution in [1.29, 1.82) is 0 Å². The van der Waals surface area contributed by atoms with Crippen molar-refractivity contribution in [3.8, 4) is 0 Å². The topological polar surface area (TPSA) is 38.3 Å². The van der Waals surface area contributed by atoms with Crippen LogP contribution in [0.5, 0.6) is 0 Å². The van der Waals surface area contributed by atoms with Gasteiger partial charge in [-0.05, 0) is 50.9 Å². The second kappa shape index (κ2) is 6.93. The first-order chi connectivity index (χ1) is 9.57. The fraction of sp³-hybridized carbons (Fsp3) is 0.941. The molecule has 0 heterocycles. The molecule has 0 bridgehead atoms. The third kappa shape index (κ3) is 3.55. The van der Waals surface area contributed by atoms with Crippen LogP contribution in [-0.4, -0.2) is 24.2 Å². The molecule has 0 aromatic carbocycles. The van der Waals surface area contributed by atoms with Gasteiger partial charge in [-0.3, -0.25) is 10.1 Å². The summed E-state index contributed by atoms with van der Waals surface area (Å²) in [6.07, 6.45) is 9.36. The van der Waals surface area contributed by atoms with Crippen LogP contribution in [-0.2, 0) is 9.53 Å². The molecule has 1 N–H and O–H groups in total. The predicted molar refractivity (Wildman–Crippen MR) is 81.6 cm³/mol. The molecule has 0 aliphatic heterocycles. The van der Waals surface area contributed by atoms with Gasteiger partial charge in [-0.1, -0.05) is 33.1 Å². The number of nitrogens with one attached hydrogen (secondary N) is 1. The first-order valence-corrected chi connectivity index (χ1v) is 8.52. The van der Waals surface area contributed by atoms with Gasteiger partial charge >= 0.3 is 5.97 Å². The Morgan fingerprint density at radius 2 is 1.85 bits per heavy atom. The van der Waals surface area contributed by atoms with E-state index in [0.717, 1.165) is 19.3 Å². The lowest BCUT2D eigenvalue weighted by Gasteiger charge is -2.44. The molecule has 3 atom stereocenters. The Morgan fingerprint density at radius 1 is 1.15 bits per heavy atom. The minimum absolute atomic E-state index is 0.00989. The predicted octanol–water partition coefficient (Wildman–Crippen LogP) is 3.67. The van der Waals surface area contributed by atoms with Gasteiger partial charge in [0.15, 0.2) is 0 Å². The van der Waals surface area contributed by atoms with Gasteiger partial charge in [0.1, 0.15) is 5.54 Å². The Morgan fingerprint density at radius 3 is 2.45 bits per heavy atom. The number of rotatable bonds is 4. The molecule has 2 fully saturated rings. The summed E-state index contributed by atoms with van der Waals surface area (Å²) in [7, 11) is 0. The highest BCUT2D eigenvalue weighted by Crippen LogP contribution is 2.38. The van der Waals surface area contributed by atoms with Crippen LogP contribution in [0.2, 0.25) is 0 Å². The van der Waals surface area contributed by atoms with Gasteiger partial charge < -0.3 is 4.74 Å². The molecule has 2 rings (SSSR count). The zero-order chi connectivity index (χ0) is 14.6. The molecule has 0 aromatic rings. The molecule has 3 nitrogen and oxygen atoms in total. The Balaban J connectivity index is 2.08. The van der Waals surface area contributed by atoms with Crippen LogP contribution in [0, 0.1) is 11.8 Å². The van der Waals surface area contributed by atoms with E-state index in [1.54, 1.807) is 0 Å². The van der Waals surface area contributed by atoms with Crippen LogP contribution in [0.25, 0.3) is 0 Å². The highest BCUT2D eigenvalue weighted by atomic mass is 16.5. The average molecular weight is 281 g/mol. The first kappa shape index (κ1) is 15.8. The van der Waals surface area contributed by atoms with Crippen LogP contribution in [0.1, 0.15) is 72.1 Å². The third-order valence-electron chi connectivity index (χ3n) is 5.42. The van der Waals surface area contributed by atoms with Crippen LogP contribution < -0.4 is 5.32 Å². The van der Waals surface area contributed by atoms with Gasteiger partial charge in [0.05, 0.1) is 6.61 Å². The van der Waals surface area contributed by atoms with E-state index in [1.807, 2.05) is 6.92 Å². The lowest BCUT2D eigenvalue weighted by molar-refractivity contribution is -0.154. The zero-order valence-electron chi connectivity index (χ0n) is 13.4. The number of hydrogen-bond acceptors (Lipinski definition) is 3. The number of hydrogen-bond donors (Lipinski definition) is 1. The van der Waals surface area contributed by atoms with Gasteiger partial charge in [0.2, 0.25) is 0 Å². The molecule has 2 saturated carbocycles. The van der Waals surface area contributed by atoms with Gasteiger partial charge in [-0.2, -0.15) is 0 Å². The number of ether oxygens (including phenoxy) is 1. The number of carbonyl (C=O) groups is 1. The Hall–Kier alpha value is -0.570. The van der Waals surface area contributed by atoms with Gasteiger partial charge in [0.25, 0.3) is 0 Å². The summed E-state index contributed by atoms with van der Waals surface area (Å²) < 4.78 is 5.41. The first-order valence-electron chi connectivity index (χ1n) is 8.52. The second-order valence-corrected chi connectivity index (χ2v) is 6.98. The van der Waals surface area contributed by atoms with Crippen molar-refractivity contribution < 1.29 is 9.53 Å². The van der Waals surface area contributed by atoms with Crippen LogP contribution in [0.4, 0.5) is 0 Å². The molecule has 116 valence electrons. The quantitative estimate of drug-likeness (QED) is 0.799. The van der Waals surface area contributed by atoms with E-state index in [2.05, 4.69) is 19.2 Å². The van der Waals surface area contributed by atoms with E-state index >= 15 is 0 Å². The Bertz CT molecular complexity index is 325. The van der Waals surface area contributed by atoms with Gasteiger partial charge in [-0.15, -0.1) is 0 Å². The normalized spacial score (nSPS) is 35.8. The van der Waals surface area contributed by atoms with Crippen molar-refractivity contribution in [1.82, 2.24) is 5.32 Å². The monoisotopic (exact) mass is 281 g/mol. The smallest absolute Gasteiger partial charge is 0.326 e. The maximum atomic E-state index is 12.6. The molecule has 0 saturated heterocycles. The van der Waals surface area contributed by atoms with E-state index in [1.165, 1.54) is 32.1 Å². The lowest BCUT2D eigenvalue weighted by atomic mass is 9.70. The maximum Gasteiger partial charge on any atom is 0.326 e. The number of carbonyl (C=O) groups excluding carboxylic acids is 1. The summed E-state index contributed by atoms with van der Waals surface area (Å²) in [5.74, 6) is 1.29. The molecule has 0 amide bonds. The van der Waals surface area contributed by atoms with E-state index in [0.29, 0.717) is 24.5 Å². The minimum atomic E-state index is -0.413. The largest absolute Gasteiger partial charge is 0.465 e. The zero-order valence-corrected chi connectivity index (χ0v) is 13.4. The average Bonchev–Trinajstić information content (AvgIpc) is 2.44. The lowest BCUT2D eigenvalue weighted by Crippen LogP contribution is -2.59. The molecule has 2 aliphatic carbocycles. The van der Waals surface area contributed by atoms with Crippen molar-refractivity contribution >= 4 is 5.97 Å². The van der Waals surface area contributed by atoms with Crippen molar-refractivity contribution in [2.24, 2.45) is 11.8 Å². The minimum Gasteiger partial charge on any atom is -0.465 e. The summed E-state index contributed by atoms with van der Waals surface area (Å²) in [6.45, 7) is 6.97. The fourth-order valence-corrected chi connectivity index (χ4v) is 3.89. The summed E-state index contributed by atoms with van der Waals surface area (Å²) in [6, 6.07) is 0.508. The Labute approximate surface area is 123 Å². The molecular weight excluding hydrogens is 250 g/mol. The van der Waals surface area contributed by atoms with Crippen molar-refractivity contribution in [2.75, 3.05) is 6.61 Å². The van der Waals surface area contributed by atoms with Crippen molar-refractivity contribution in [3.63, 3.8) is 0 Å². The van der Waals surface area contributed by atoms with Crippen LogP contribution >= 0.6 is 0 Å². The van der Waals surface area contributed by atoms with Gasteiger partial charge in [-0.25, -0.2) is 0 Å². The van der Waals surface area contributed by atoms with E-state index in [9.17, 15) is 4.79 Å². The molecule has 3 heteroatoms. The van der Waals surface area contributed by atoms with Crippen molar-refractivity contribution in [3.05, 3.63) is 0 Å². The summed E-state index contributed by atoms with van der Waals surface area (Å²) >= 11 is 0.